The summed E-state index contributed by atoms with van der Waals surface area (Å²) in [6.07, 6.45) is 9.72. The number of piperidine rings is 1. The number of halogens is 2. The second-order valence-corrected chi connectivity index (χ2v) is 13.6. The number of carbonyl (C=O) groups is 2. The Morgan fingerprint density at radius 2 is 1.92 bits per heavy atom. The SMILES string of the molecule is CSc1ccc(OC(F)F)c(-c2nn(CC(=O)N3CCC(N(CCN4CCOCC4)C4COC4)CC3)cc2NC(=O)c2cnn3cccnc23)c1. The minimum atomic E-state index is -3.08. The van der Waals surface area contributed by atoms with Gasteiger partial charge in [0, 0.05) is 74.4 Å². The number of thioether (sulfide) groups is 1. The molecule has 1 N–H and O–H groups in total. The molecule has 0 radical (unpaired) electrons. The van der Waals surface area contributed by atoms with Crippen LogP contribution < -0.4 is 10.1 Å². The van der Waals surface area contributed by atoms with E-state index in [0.29, 0.717) is 30.8 Å². The van der Waals surface area contributed by atoms with E-state index in [9.17, 15) is 18.4 Å². The maximum atomic E-state index is 13.7. The molecule has 0 bridgehead atoms. The fraction of sp³-hybridized carbons (Fsp3) is 0.500. The molecule has 7 rings (SSSR count). The summed E-state index contributed by atoms with van der Waals surface area (Å²) in [5, 5.41) is 11.7. The lowest BCUT2D eigenvalue weighted by atomic mass is 10.00. The highest BCUT2D eigenvalue weighted by molar-refractivity contribution is 7.98. The second kappa shape index (κ2) is 16.0. The molecule has 51 heavy (non-hydrogen) atoms. The van der Waals surface area contributed by atoms with Crippen LogP contribution in [0.2, 0.25) is 0 Å². The van der Waals surface area contributed by atoms with Crippen LogP contribution in [0.3, 0.4) is 0 Å². The lowest BCUT2D eigenvalue weighted by Gasteiger charge is -2.46. The monoisotopic (exact) mass is 725 g/mol. The number of rotatable bonds is 13. The Bertz CT molecular complexity index is 1820. The van der Waals surface area contributed by atoms with Crippen LogP contribution in [0.25, 0.3) is 16.9 Å². The Labute approximate surface area is 298 Å². The average Bonchev–Trinajstić information content (AvgIpc) is 3.73. The number of amides is 2. The van der Waals surface area contributed by atoms with Gasteiger partial charge in [-0.25, -0.2) is 9.50 Å². The fourth-order valence-corrected chi connectivity index (χ4v) is 7.27. The van der Waals surface area contributed by atoms with Crippen LogP contribution >= 0.6 is 11.8 Å². The molecule has 3 aromatic heterocycles. The summed E-state index contributed by atoms with van der Waals surface area (Å²) >= 11 is 1.42. The van der Waals surface area contributed by atoms with Crippen molar-refractivity contribution < 1.29 is 32.6 Å². The van der Waals surface area contributed by atoms with Gasteiger partial charge >= 0.3 is 6.61 Å². The summed E-state index contributed by atoms with van der Waals surface area (Å²) in [7, 11) is 0. The molecule has 0 aliphatic carbocycles. The topological polar surface area (TPSA) is 132 Å². The number of alkyl halides is 2. The maximum absolute atomic E-state index is 13.7. The fourth-order valence-electron chi connectivity index (χ4n) is 6.83. The molecular weight excluding hydrogens is 684 g/mol. The number of hydrogen-bond donors (Lipinski definition) is 1. The molecule has 2 amide bonds. The summed E-state index contributed by atoms with van der Waals surface area (Å²) < 4.78 is 45.8. The van der Waals surface area contributed by atoms with E-state index in [-0.39, 0.29) is 40.7 Å². The number of nitrogens with one attached hydrogen (secondary N) is 1. The summed E-state index contributed by atoms with van der Waals surface area (Å²) in [6, 6.07) is 7.23. The number of hydrogen-bond acceptors (Lipinski definition) is 11. The lowest BCUT2D eigenvalue weighted by Crippen LogP contribution is -2.58. The zero-order chi connectivity index (χ0) is 35.3. The minimum Gasteiger partial charge on any atom is -0.434 e. The van der Waals surface area contributed by atoms with E-state index in [4.69, 9.17) is 14.2 Å². The summed E-state index contributed by atoms with van der Waals surface area (Å²) in [5.41, 5.74) is 1.21. The largest absolute Gasteiger partial charge is 0.434 e. The summed E-state index contributed by atoms with van der Waals surface area (Å²) in [4.78, 5) is 39.1. The first-order valence-corrected chi connectivity index (χ1v) is 18.3. The third kappa shape index (κ3) is 8.17. The Kier molecular flexibility index (Phi) is 11.1. The molecule has 4 aromatic rings. The van der Waals surface area contributed by atoms with E-state index in [1.807, 2.05) is 11.2 Å². The van der Waals surface area contributed by atoms with E-state index < -0.39 is 12.5 Å². The minimum absolute atomic E-state index is 0.101. The van der Waals surface area contributed by atoms with Crippen molar-refractivity contribution in [3.05, 3.63) is 54.6 Å². The molecule has 0 spiro atoms. The van der Waals surface area contributed by atoms with Crippen molar-refractivity contribution >= 4 is 34.9 Å². The second-order valence-electron chi connectivity index (χ2n) is 12.7. The summed E-state index contributed by atoms with van der Waals surface area (Å²) in [5.74, 6) is -0.754. The third-order valence-corrected chi connectivity index (χ3v) is 10.4. The van der Waals surface area contributed by atoms with Gasteiger partial charge in [0.15, 0.2) is 5.65 Å². The Morgan fingerprint density at radius 1 is 1.12 bits per heavy atom. The van der Waals surface area contributed by atoms with Crippen molar-refractivity contribution in [1.29, 1.82) is 0 Å². The average molecular weight is 726 g/mol. The molecule has 272 valence electrons. The molecule has 0 atom stereocenters. The number of fused-ring (bicyclic) bond motifs is 1. The number of morpholine rings is 1. The van der Waals surface area contributed by atoms with Gasteiger partial charge in [-0.1, -0.05) is 0 Å². The predicted octanol–water partition coefficient (Wildman–Crippen LogP) is 3.19. The maximum Gasteiger partial charge on any atom is 0.387 e. The molecule has 6 heterocycles. The number of benzene rings is 1. The number of anilines is 1. The van der Waals surface area contributed by atoms with E-state index in [1.54, 1.807) is 36.8 Å². The van der Waals surface area contributed by atoms with Gasteiger partial charge in [-0.15, -0.1) is 11.8 Å². The Balaban J connectivity index is 1.08. The van der Waals surface area contributed by atoms with E-state index >= 15 is 0 Å². The van der Waals surface area contributed by atoms with Gasteiger partial charge < -0.3 is 24.4 Å². The first-order chi connectivity index (χ1) is 24.9. The molecule has 1 aromatic carbocycles. The van der Waals surface area contributed by atoms with Gasteiger partial charge in [0.05, 0.1) is 44.4 Å². The van der Waals surface area contributed by atoms with Gasteiger partial charge in [-0.05, 0) is 43.4 Å². The lowest BCUT2D eigenvalue weighted by molar-refractivity contribution is -0.135. The van der Waals surface area contributed by atoms with Gasteiger partial charge in [0.25, 0.3) is 5.91 Å². The smallest absolute Gasteiger partial charge is 0.387 e. The highest BCUT2D eigenvalue weighted by Crippen LogP contribution is 2.38. The number of aromatic nitrogens is 5. The molecule has 3 fully saturated rings. The quantitative estimate of drug-likeness (QED) is 0.204. The highest BCUT2D eigenvalue weighted by atomic mass is 32.2. The standard InChI is InChI=1S/C34H41F2N9O5S/c1-51-25-3-4-29(50-34(35)36)26(17-25)31-28(39-33(47)27-18-38-45-8-2-7-37-32(27)45)19-43(40-31)20-30(46)42-9-5-23(6-10-42)44(24-21-49-22-24)12-11-41-13-15-48-16-14-41/h2-4,7-8,17-19,23-24,34H,5-6,9-16,20-22H2,1H3,(H,39,47). The number of carbonyl (C=O) groups excluding carboxylic acids is 2. The first kappa shape index (κ1) is 35.3. The predicted molar refractivity (Wildman–Crippen MR) is 185 cm³/mol. The van der Waals surface area contributed by atoms with Crippen LogP contribution in [0.15, 0.2) is 53.9 Å². The Morgan fingerprint density at radius 3 is 2.65 bits per heavy atom. The van der Waals surface area contributed by atoms with Crippen molar-refractivity contribution in [2.45, 2.75) is 43.0 Å². The van der Waals surface area contributed by atoms with Crippen LogP contribution in [0, 0.1) is 0 Å². The van der Waals surface area contributed by atoms with Crippen molar-refractivity contribution in [3.8, 4) is 17.0 Å². The van der Waals surface area contributed by atoms with Gasteiger partial charge in [-0.3, -0.25) is 24.1 Å². The summed E-state index contributed by atoms with van der Waals surface area (Å²) in [6.45, 7) is 4.88. The van der Waals surface area contributed by atoms with E-state index in [2.05, 4.69) is 30.3 Å². The normalized spacial score (nSPS) is 17.7. The van der Waals surface area contributed by atoms with Crippen molar-refractivity contribution in [3.63, 3.8) is 0 Å². The third-order valence-electron chi connectivity index (χ3n) is 9.64. The van der Waals surface area contributed by atoms with Crippen molar-refractivity contribution in [2.75, 3.05) is 77.3 Å². The van der Waals surface area contributed by atoms with Crippen molar-refractivity contribution in [1.82, 2.24) is 39.1 Å². The molecule has 0 saturated carbocycles. The molecule has 3 saturated heterocycles. The number of ether oxygens (including phenoxy) is 3. The van der Waals surface area contributed by atoms with Gasteiger partial charge in [0.1, 0.15) is 23.6 Å². The van der Waals surface area contributed by atoms with Gasteiger partial charge in [-0.2, -0.15) is 19.0 Å². The van der Waals surface area contributed by atoms with Crippen LogP contribution in [-0.2, 0) is 20.8 Å². The zero-order valence-corrected chi connectivity index (χ0v) is 29.1. The molecule has 3 aliphatic rings. The van der Waals surface area contributed by atoms with E-state index in [0.717, 1.165) is 70.3 Å². The number of nitrogens with zero attached hydrogens (tertiary/aromatic N) is 8. The first-order valence-electron chi connectivity index (χ1n) is 17.1. The van der Waals surface area contributed by atoms with Gasteiger partial charge in [0.2, 0.25) is 5.91 Å². The van der Waals surface area contributed by atoms with Crippen molar-refractivity contribution in [2.24, 2.45) is 0 Å². The molecule has 17 heteroatoms. The van der Waals surface area contributed by atoms with Crippen LogP contribution in [0.1, 0.15) is 23.2 Å². The van der Waals surface area contributed by atoms with Crippen LogP contribution in [0.5, 0.6) is 5.75 Å². The molecular formula is C34H41F2N9O5S. The van der Waals surface area contributed by atoms with Crippen LogP contribution in [-0.4, -0.2) is 142 Å². The molecule has 14 nitrogen and oxygen atoms in total. The number of likely N-dealkylation sites (tertiary alicyclic amines) is 1. The van der Waals surface area contributed by atoms with Crippen LogP contribution in [0.4, 0.5) is 14.5 Å². The van der Waals surface area contributed by atoms with E-state index in [1.165, 1.54) is 33.2 Å². The Hall–Kier alpha value is -4.16. The molecule has 0 unspecified atom stereocenters. The molecule has 3 aliphatic heterocycles. The highest BCUT2D eigenvalue weighted by Gasteiger charge is 2.35. The zero-order valence-electron chi connectivity index (χ0n) is 28.3.